The van der Waals surface area contributed by atoms with Gasteiger partial charge in [0.05, 0.1) is 17.5 Å². The minimum absolute atomic E-state index is 0.162. The monoisotopic (exact) mass is 356 g/mol. The second-order valence-corrected chi connectivity index (χ2v) is 7.46. The lowest BCUT2D eigenvalue weighted by molar-refractivity contribution is -0.119. The Morgan fingerprint density at radius 3 is 2.92 bits per heavy atom. The number of aryl methyl sites for hydroxylation is 1. The van der Waals surface area contributed by atoms with Crippen LogP contribution in [0, 0.1) is 31.1 Å². The van der Waals surface area contributed by atoms with Crippen molar-refractivity contribution in [2.24, 2.45) is 5.92 Å². The molecule has 130 valence electrons. The molecule has 1 saturated carbocycles. The number of amides is 1. The Labute approximate surface area is 150 Å². The molecule has 1 atom stereocenters. The van der Waals surface area contributed by atoms with E-state index in [4.69, 9.17) is 0 Å². The smallest absolute Gasteiger partial charge is 0.231 e. The van der Waals surface area contributed by atoms with Crippen molar-refractivity contribution >= 4 is 17.7 Å². The van der Waals surface area contributed by atoms with E-state index >= 15 is 0 Å². The zero-order valence-electron chi connectivity index (χ0n) is 14.5. The van der Waals surface area contributed by atoms with Gasteiger partial charge in [-0.25, -0.2) is 0 Å². The molecule has 0 radical (unpaired) electrons. The molecular formula is C17H20N6OS. The molecule has 1 N–H and O–H groups in total. The predicted octanol–water partition coefficient (Wildman–Crippen LogP) is 2.18. The summed E-state index contributed by atoms with van der Waals surface area (Å²) in [6.45, 7) is 5.83. The van der Waals surface area contributed by atoms with Crippen LogP contribution < -0.4 is 5.32 Å². The van der Waals surface area contributed by atoms with Crippen molar-refractivity contribution in [3.8, 4) is 11.8 Å². The fourth-order valence-electron chi connectivity index (χ4n) is 2.72. The van der Waals surface area contributed by atoms with E-state index in [2.05, 4.69) is 26.9 Å². The summed E-state index contributed by atoms with van der Waals surface area (Å²) in [5, 5.41) is 24.5. The highest BCUT2D eigenvalue weighted by Crippen LogP contribution is 2.39. The largest absolute Gasteiger partial charge is 0.337 e. The van der Waals surface area contributed by atoms with Crippen molar-refractivity contribution in [3.05, 3.63) is 29.3 Å². The van der Waals surface area contributed by atoms with Crippen LogP contribution in [0.2, 0.25) is 0 Å². The Bertz CT molecular complexity index is 838. The Balaban J connectivity index is 1.69. The third-order valence-electron chi connectivity index (χ3n) is 4.60. The number of carbonyl (C=O) groups excluding carboxylic acids is 1. The van der Waals surface area contributed by atoms with Crippen LogP contribution in [0.5, 0.6) is 0 Å². The van der Waals surface area contributed by atoms with E-state index in [1.54, 1.807) is 11.6 Å². The Kier molecular flexibility index (Phi) is 4.77. The van der Waals surface area contributed by atoms with Crippen molar-refractivity contribution in [1.82, 2.24) is 25.5 Å². The van der Waals surface area contributed by atoms with Crippen molar-refractivity contribution in [1.29, 1.82) is 5.26 Å². The van der Waals surface area contributed by atoms with E-state index in [1.807, 2.05) is 32.0 Å². The van der Waals surface area contributed by atoms with Gasteiger partial charge in [0.15, 0.2) is 0 Å². The maximum absolute atomic E-state index is 12.3. The van der Waals surface area contributed by atoms with Crippen LogP contribution in [0.15, 0.2) is 23.4 Å². The number of hydrogen-bond acceptors (Lipinski definition) is 6. The Hall–Kier alpha value is -2.40. The minimum atomic E-state index is -0.781. The number of benzene rings is 1. The molecule has 7 nitrogen and oxygen atoms in total. The standard InChI is InChI=1S/C17H20N6OS/c1-11-5-4-6-14(12(11)2)23-16(20-21-22-23)25-9-15(24)19-17(3,10-18)13-7-8-13/h4-6,13H,7-9H2,1-3H3,(H,19,24). The van der Waals surface area contributed by atoms with Crippen molar-refractivity contribution in [2.75, 3.05) is 5.75 Å². The van der Waals surface area contributed by atoms with Crippen LogP contribution in [-0.2, 0) is 4.79 Å². The Morgan fingerprint density at radius 2 is 2.24 bits per heavy atom. The fourth-order valence-corrected chi connectivity index (χ4v) is 3.41. The molecule has 1 aliphatic carbocycles. The first kappa shape index (κ1) is 17.4. The highest BCUT2D eigenvalue weighted by molar-refractivity contribution is 7.99. The molecular weight excluding hydrogens is 336 g/mol. The zero-order valence-corrected chi connectivity index (χ0v) is 15.3. The first-order chi connectivity index (χ1) is 11.9. The minimum Gasteiger partial charge on any atom is -0.337 e. The summed E-state index contributed by atoms with van der Waals surface area (Å²) in [5.74, 6) is 0.234. The molecule has 0 aliphatic heterocycles. The number of carbonyl (C=O) groups is 1. The SMILES string of the molecule is Cc1cccc(-n2nnnc2SCC(=O)NC(C)(C#N)C2CC2)c1C. The molecule has 3 rings (SSSR count). The molecule has 8 heteroatoms. The fraction of sp³-hybridized carbons (Fsp3) is 0.471. The van der Waals surface area contributed by atoms with E-state index in [0.29, 0.717) is 5.16 Å². The lowest BCUT2D eigenvalue weighted by Crippen LogP contribution is -2.47. The average Bonchev–Trinajstić information content (AvgIpc) is 3.35. The second kappa shape index (κ2) is 6.84. The summed E-state index contributed by atoms with van der Waals surface area (Å²) in [6.07, 6.45) is 1.98. The van der Waals surface area contributed by atoms with Gasteiger partial charge in [0, 0.05) is 0 Å². The van der Waals surface area contributed by atoms with Crippen LogP contribution in [-0.4, -0.2) is 37.4 Å². The molecule has 25 heavy (non-hydrogen) atoms. The number of hydrogen-bond donors (Lipinski definition) is 1. The van der Waals surface area contributed by atoms with Gasteiger partial charge in [-0.1, -0.05) is 23.9 Å². The number of aromatic nitrogens is 4. The molecule has 1 aromatic heterocycles. The van der Waals surface area contributed by atoms with E-state index in [1.165, 1.54) is 11.8 Å². The summed E-state index contributed by atoms with van der Waals surface area (Å²) in [4.78, 5) is 12.3. The number of thioether (sulfide) groups is 1. The lowest BCUT2D eigenvalue weighted by Gasteiger charge is -2.22. The van der Waals surface area contributed by atoms with E-state index in [9.17, 15) is 10.1 Å². The summed E-state index contributed by atoms with van der Waals surface area (Å²) in [7, 11) is 0. The van der Waals surface area contributed by atoms with Crippen LogP contribution in [0.3, 0.4) is 0 Å². The highest BCUT2D eigenvalue weighted by atomic mass is 32.2. The van der Waals surface area contributed by atoms with Gasteiger partial charge in [0.25, 0.3) is 0 Å². The molecule has 1 amide bonds. The van der Waals surface area contributed by atoms with Crippen LogP contribution >= 0.6 is 11.8 Å². The predicted molar refractivity (Wildman–Crippen MR) is 94.2 cm³/mol. The molecule has 1 fully saturated rings. The quantitative estimate of drug-likeness (QED) is 0.797. The number of nitrogens with zero attached hydrogens (tertiary/aromatic N) is 5. The summed E-state index contributed by atoms with van der Waals surface area (Å²) in [5.41, 5.74) is 2.35. The molecule has 1 heterocycles. The molecule has 1 aliphatic rings. The molecule has 0 saturated heterocycles. The van der Waals surface area contributed by atoms with Crippen LogP contribution in [0.1, 0.15) is 30.9 Å². The maximum atomic E-state index is 12.3. The van der Waals surface area contributed by atoms with Gasteiger partial charge in [-0.15, -0.1) is 5.10 Å². The molecule has 2 aromatic rings. The van der Waals surface area contributed by atoms with Gasteiger partial charge in [-0.3, -0.25) is 4.79 Å². The highest BCUT2D eigenvalue weighted by Gasteiger charge is 2.42. The van der Waals surface area contributed by atoms with Crippen molar-refractivity contribution < 1.29 is 4.79 Å². The molecule has 0 bridgehead atoms. The van der Waals surface area contributed by atoms with Gasteiger partial charge in [0.1, 0.15) is 5.54 Å². The van der Waals surface area contributed by atoms with Crippen LogP contribution in [0.25, 0.3) is 5.69 Å². The summed E-state index contributed by atoms with van der Waals surface area (Å²) >= 11 is 1.26. The van der Waals surface area contributed by atoms with Crippen LogP contribution in [0.4, 0.5) is 0 Å². The Morgan fingerprint density at radius 1 is 1.48 bits per heavy atom. The van der Waals surface area contributed by atoms with Crippen molar-refractivity contribution in [3.63, 3.8) is 0 Å². The second-order valence-electron chi connectivity index (χ2n) is 6.52. The summed E-state index contributed by atoms with van der Waals surface area (Å²) < 4.78 is 1.64. The van der Waals surface area contributed by atoms with Gasteiger partial charge in [-0.05, 0) is 67.2 Å². The first-order valence-corrected chi connectivity index (χ1v) is 9.13. The third-order valence-corrected chi connectivity index (χ3v) is 5.52. The zero-order chi connectivity index (χ0) is 18.0. The number of tetrazole rings is 1. The molecule has 0 spiro atoms. The van der Waals surface area contributed by atoms with Gasteiger partial charge >= 0.3 is 0 Å². The average molecular weight is 356 g/mol. The first-order valence-electron chi connectivity index (χ1n) is 8.14. The van der Waals surface area contributed by atoms with Crippen molar-refractivity contribution in [2.45, 2.75) is 44.3 Å². The molecule has 1 unspecified atom stereocenters. The van der Waals surface area contributed by atoms with E-state index in [0.717, 1.165) is 29.7 Å². The number of rotatable bonds is 6. The lowest BCUT2D eigenvalue weighted by atomic mass is 9.98. The summed E-state index contributed by atoms with van der Waals surface area (Å²) in [6, 6.07) is 8.16. The van der Waals surface area contributed by atoms with E-state index < -0.39 is 5.54 Å². The number of nitriles is 1. The van der Waals surface area contributed by atoms with E-state index in [-0.39, 0.29) is 17.6 Å². The topological polar surface area (TPSA) is 96.5 Å². The number of nitrogens with one attached hydrogen (secondary N) is 1. The third kappa shape index (κ3) is 3.66. The maximum Gasteiger partial charge on any atom is 0.231 e. The van der Waals surface area contributed by atoms with Gasteiger partial charge in [-0.2, -0.15) is 9.94 Å². The van der Waals surface area contributed by atoms with Gasteiger partial charge in [0.2, 0.25) is 11.1 Å². The van der Waals surface area contributed by atoms with Gasteiger partial charge < -0.3 is 5.32 Å². The normalized spacial score (nSPS) is 16.1. The molecule has 1 aromatic carbocycles.